The molecule has 35 heavy (non-hydrogen) atoms. The van der Waals surface area contributed by atoms with Gasteiger partial charge in [-0.1, -0.05) is 18.2 Å². The maximum Gasteiger partial charge on any atom is 0.295 e. The molecule has 0 bridgehead atoms. The van der Waals surface area contributed by atoms with Crippen LogP contribution in [0.2, 0.25) is 0 Å². The van der Waals surface area contributed by atoms with Gasteiger partial charge in [0.2, 0.25) is 0 Å². The van der Waals surface area contributed by atoms with Crippen LogP contribution in [0.1, 0.15) is 23.6 Å². The molecular formula is C26H29FN2O6. The number of rotatable bonds is 8. The van der Waals surface area contributed by atoms with Crippen molar-refractivity contribution in [3.63, 3.8) is 0 Å². The number of amides is 1. The third kappa shape index (κ3) is 5.01. The van der Waals surface area contributed by atoms with Crippen LogP contribution in [-0.2, 0) is 14.3 Å². The summed E-state index contributed by atoms with van der Waals surface area (Å²) >= 11 is 0. The molecule has 0 spiro atoms. The lowest BCUT2D eigenvalue weighted by Crippen LogP contribution is -2.39. The van der Waals surface area contributed by atoms with Gasteiger partial charge in [-0.2, -0.15) is 0 Å². The Morgan fingerprint density at radius 1 is 1.06 bits per heavy atom. The molecule has 2 aliphatic rings. The largest absolute Gasteiger partial charge is 0.507 e. The molecule has 0 radical (unpaired) electrons. The van der Waals surface area contributed by atoms with E-state index in [1.165, 1.54) is 43.4 Å². The third-order valence-electron chi connectivity index (χ3n) is 6.37. The van der Waals surface area contributed by atoms with Crippen molar-refractivity contribution in [1.82, 2.24) is 9.80 Å². The zero-order valence-corrected chi connectivity index (χ0v) is 19.8. The molecule has 0 saturated carbocycles. The van der Waals surface area contributed by atoms with Crippen molar-refractivity contribution >= 4 is 17.4 Å². The Morgan fingerprint density at radius 2 is 1.77 bits per heavy atom. The van der Waals surface area contributed by atoms with Gasteiger partial charge in [0, 0.05) is 37.3 Å². The van der Waals surface area contributed by atoms with E-state index in [9.17, 15) is 19.1 Å². The minimum absolute atomic E-state index is 0.153. The van der Waals surface area contributed by atoms with Crippen LogP contribution < -0.4 is 9.47 Å². The lowest BCUT2D eigenvalue weighted by atomic mass is 9.94. The summed E-state index contributed by atoms with van der Waals surface area (Å²) in [6, 6.07) is 9.60. The minimum Gasteiger partial charge on any atom is -0.507 e. The molecule has 2 fully saturated rings. The van der Waals surface area contributed by atoms with E-state index in [-0.39, 0.29) is 23.2 Å². The van der Waals surface area contributed by atoms with Crippen LogP contribution in [0.15, 0.2) is 48.0 Å². The number of aliphatic hydroxyl groups is 1. The topological polar surface area (TPSA) is 88.5 Å². The first-order chi connectivity index (χ1) is 17.0. The van der Waals surface area contributed by atoms with Crippen LogP contribution >= 0.6 is 0 Å². The quantitative estimate of drug-likeness (QED) is 0.350. The summed E-state index contributed by atoms with van der Waals surface area (Å²) in [6.45, 7) is 3.87. The molecule has 4 rings (SSSR count). The minimum atomic E-state index is -1.05. The van der Waals surface area contributed by atoms with Crippen molar-refractivity contribution in [3.05, 3.63) is 65.0 Å². The molecule has 1 amide bonds. The second kappa shape index (κ2) is 10.9. The number of benzene rings is 2. The summed E-state index contributed by atoms with van der Waals surface area (Å²) in [5, 5.41) is 11.2. The summed E-state index contributed by atoms with van der Waals surface area (Å²) in [5.41, 5.74) is 0.258. The number of carbonyl (C=O) groups is 2. The Balaban J connectivity index is 1.71. The van der Waals surface area contributed by atoms with Crippen molar-refractivity contribution in [3.8, 4) is 11.5 Å². The smallest absolute Gasteiger partial charge is 0.295 e. The molecule has 8 nitrogen and oxygen atoms in total. The highest BCUT2D eigenvalue weighted by atomic mass is 19.1. The van der Waals surface area contributed by atoms with Crippen LogP contribution in [0.4, 0.5) is 4.39 Å². The first kappa shape index (κ1) is 24.7. The summed E-state index contributed by atoms with van der Waals surface area (Å²) in [7, 11) is 2.94. The Hall–Kier alpha value is -3.43. The van der Waals surface area contributed by atoms with Crippen LogP contribution in [0.25, 0.3) is 5.76 Å². The van der Waals surface area contributed by atoms with Gasteiger partial charge in [-0.05, 0) is 30.7 Å². The van der Waals surface area contributed by atoms with Gasteiger partial charge in [0.15, 0.2) is 11.5 Å². The predicted octanol–water partition coefficient (Wildman–Crippen LogP) is 2.99. The SMILES string of the molecule is COc1ccc(/C(O)=C2/C(=O)C(=O)N(CCCN3CCOCC3)C2c2ccccc2F)cc1OC. The fraction of sp³-hybridized carbons (Fsp3) is 0.385. The van der Waals surface area contributed by atoms with Crippen molar-refractivity contribution in [2.75, 3.05) is 53.6 Å². The molecular weight excluding hydrogens is 455 g/mol. The Kier molecular flexibility index (Phi) is 7.67. The number of Topliss-reactive ketones (excluding diaryl/α,β-unsaturated/α-hetero) is 1. The highest BCUT2D eigenvalue weighted by Crippen LogP contribution is 2.41. The van der Waals surface area contributed by atoms with E-state index in [2.05, 4.69) is 4.90 Å². The normalized spacial score (nSPS) is 20.3. The van der Waals surface area contributed by atoms with Crippen LogP contribution in [0.5, 0.6) is 11.5 Å². The number of ketones is 1. The monoisotopic (exact) mass is 484 g/mol. The third-order valence-corrected chi connectivity index (χ3v) is 6.37. The standard InChI is InChI=1S/C26H29FN2O6/c1-33-20-9-8-17(16-21(20)34-2)24(30)22-23(18-6-3-4-7-19(18)27)29(26(32)25(22)31)11-5-10-28-12-14-35-15-13-28/h3-4,6-9,16,23,30H,5,10-15H2,1-2H3/b24-22-. The molecule has 2 aliphatic heterocycles. The first-order valence-corrected chi connectivity index (χ1v) is 11.5. The number of nitrogens with zero attached hydrogens (tertiary/aromatic N) is 2. The Labute approximate surface area is 203 Å². The summed E-state index contributed by atoms with van der Waals surface area (Å²) in [5.74, 6) is -1.78. The number of aliphatic hydroxyl groups excluding tert-OH is 1. The van der Waals surface area contributed by atoms with E-state index in [4.69, 9.17) is 14.2 Å². The maximum atomic E-state index is 14.9. The number of carbonyl (C=O) groups excluding carboxylic acids is 2. The molecule has 1 N–H and O–H groups in total. The molecule has 1 atom stereocenters. The Morgan fingerprint density at radius 3 is 2.46 bits per heavy atom. The predicted molar refractivity (Wildman–Crippen MR) is 127 cm³/mol. The molecule has 2 aromatic carbocycles. The van der Waals surface area contributed by atoms with Crippen LogP contribution in [0.3, 0.4) is 0 Å². The average molecular weight is 485 g/mol. The van der Waals surface area contributed by atoms with E-state index >= 15 is 0 Å². The molecule has 1 unspecified atom stereocenters. The molecule has 0 aromatic heterocycles. The van der Waals surface area contributed by atoms with Gasteiger partial charge >= 0.3 is 0 Å². The van der Waals surface area contributed by atoms with Gasteiger partial charge in [-0.15, -0.1) is 0 Å². The number of ether oxygens (including phenoxy) is 3. The number of methoxy groups -OCH3 is 2. The van der Waals surface area contributed by atoms with Crippen LogP contribution in [-0.4, -0.2) is 80.2 Å². The van der Waals surface area contributed by atoms with E-state index in [0.29, 0.717) is 37.7 Å². The van der Waals surface area contributed by atoms with Gasteiger partial charge in [0.25, 0.3) is 11.7 Å². The highest BCUT2D eigenvalue weighted by Gasteiger charge is 2.46. The van der Waals surface area contributed by atoms with E-state index in [1.54, 1.807) is 18.2 Å². The fourth-order valence-corrected chi connectivity index (χ4v) is 4.56. The molecule has 186 valence electrons. The number of likely N-dealkylation sites (tertiary alicyclic amines) is 1. The zero-order chi connectivity index (χ0) is 24.9. The van der Waals surface area contributed by atoms with Gasteiger partial charge in [-0.25, -0.2) is 4.39 Å². The fourth-order valence-electron chi connectivity index (χ4n) is 4.56. The number of hydrogen-bond donors (Lipinski definition) is 1. The summed E-state index contributed by atoms with van der Waals surface area (Å²) < 4.78 is 30.8. The highest BCUT2D eigenvalue weighted by molar-refractivity contribution is 6.46. The molecule has 2 aromatic rings. The molecule has 0 aliphatic carbocycles. The average Bonchev–Trinajstić information content (AvgIpc) is 3.13. The maximum absolute atomic E-state index is 14.9. The van der Waals surface area contributed by atoms with Gasteiger partial charge in [-0.3, -0.25) is 14.5 Å². The van der Waals surface area contributed by atoms with E-state index in [1.807, 2.05) is 0 Å². The lowest BCUT2D eigenvalue weighted by molar-refractivity contribution is -0.140. The van der Waals surface area contributed by atoms with Crippen molar-refractivity contribution < 1.29 is 33.3 Å². The lowest BCUT2D eigenvalue weighted by Gasteiger charge is -2.29. The van der Waals surface area contributed by atoms with Crippen molar-refractivity contribution in [2.24, 2.45) is 0 Å². The number of morpholine rings is 1. The second-order valence-corrected chi connectivity index (χ2v) is 8.39. The number of hydrogen-bond acceptors (Lipinski definition) is 7. The first-order valence-electron chi connectivity index (χ1n) is 11.5. The van der Waals surface area contributed by atoms with Crippen LogP contribution in [0, 0.1) is 5.82 Å². The Bertz CT molecular complexity index is 1130. The summed E-state index contributed by atoms with van der Waals surface area (Å²) in [6.07, 6.45) is 0.592. The molecule has 2 saturated heterocycles. The van der Waals surface area contributed by atoms with E-state index < -0.39 is 29.3 Å². The number of halogens is 1. The van der Waals surface area contributed by atoms with E-state index in [0.717, 1.165) is 13.1 Å². The summed E-state index contributed by atoms with van der Waals surface area (Å²) in [4.78, 5) is 29.8. The van der Waals surface area contributed by atoms with Gasteiger partial charge in [0.05, 0.1) is 39.0 Å². The van der Waals surface area contributed by atoms with Gasteiger partial charge in [0.1, 0.15) is 11.6 Å². The van der Waals surface area contributed by atoms with Gasteiger partial charge < -0.3 is 24.2 Å². The zero-order valence-electron chi connectivity index (χ0n) is 19.8. The van der Waals surface area contributed by atoms with Crippen molar-refractivity contribution in [2.45, 2.75) is 12.5 Å². The second-order valence-electron chi connectivity index (χ2n) is 8.39. The molecule has 2 heterocycles. The van der Waals surface area contributed by atoms with Crippen molar-refractivity contribution in [1.29, 1.82) is 0 Å². The molecule has 9 heteroatoms.